The topological polar surface area (TPSA) is 44.4 Å². The largest absolute Gasteiger partial charge is 0.334 e. The van der Waals surface area contributed by atoms with Gasteiger partial charge in [-0.2, -0.15) is 0 Å². The number of aryl methyl sites for hydroxylation is 2. The average molecular weight is 317 g/mol. The predicted octanol–water partition coefficient (Wildman–Crippen LogP) is 2.95. The number of fused-ring (bicyclic) bond motifs is 1. The van der Waals surface area contributed by atoms with Gasteiger partial charge < -0.3 is 15.5 Å². The number of likely N-dealkylation sites (N-methyl/N-ethyl adjacent to an activating group) is 1. The number of nitrogens with zero attached hydrogens (tertiary/aromatic N) is 1. The molecule has 0 bridgehead atoms. The van der Waals surface area contributed by atoms with Gasteiger partial charge in [-0.1, -0.05) is 32.0 Å². The summed E-state index contributed by atoms with van der Waals surface area (Å²) >= 11 is 0. The summed E-state index contributed by atoms with van der Waals surface area (Å²) in [5, 5.41) is 6.11. The smallest absolute Gasteiger partial charge is 0.315 e. The van der Waals surface area contributed by atoms with Crippen LogP contribution in [0.4, 0.5) is 4.79 Å². The van der Waals surface area contributed by atoms with Crippen molar-refractivity contribution in [1.82, 2.24) is 15.5 Å². The Morgan fingerprint density at radius 3 is 2.65 bits per heavy atom. The first-order valence-corrected chi connectivity index (χ1v) is 8.74. The minimum Gasteiger partial charge on any atom is -0.334 e. The van der Waals surface area contributed by atoms with E-state index in [1.54, 1.807) is 0 Å². The summed E-state index contributed by atoms with van der Waals surface area (Å²) < 4.78 is 0. The molecule has 4 heteroatoms. The van der Waals surface area contributed by atoms with E-state index < -0.39 is 0 Å². The van der Waals surface area contributed by atoms with Crippen molar-refractivity contribution in [3.8, 4) is 0 Å². The molecular formula is C19H31N3O. The lowest BCUT2D eigenvalue weighted by Gasteiger charge is -2.24. The van der Waals surface area contributed by atoms with Crippen molar-refractivity contribution in [2.75, 3.05) is 20.6 Å². The third-order valence-electron chi connectivity index (χ3n) is 4.29. The zero-order valence-electron chi connectivity index (χ0n) is 15.0. The highest BCUT2D eigenvalue weighted by Gasteiger charge is 2.15. The molecule has 1 atom stereocenters. The van der Waals surface area contributed by atoms with Crippen molar-refractivity contribution in [2.45, 2.75) is 52.1 Å². The first-order valence-electron chi connectivity index (χ1n) is 8.74. The second-order valence-electron chi connectivity index (χ2n) is 7.37. The number of amides is 2. The standard InChI is InChI=1S/C19H31N3O/c1-14(2)10-18(13-22(3)4)21-19(23)20-12-15-8-9-16-6-5-7-17(16)11-15/h8-9,11,14,18H,5-7,10,12-13H2,1-4H3,(H2,20,21,23). The number of rotatable bonds is 7. The summed E-state index contributed by atoms with van der Waals surface area (Å²) in [6, 6.07) is 6.71. The van der Waals surface area contributed by atoms with Gasteiger partial charge in [-0.05, 0) is 62.4 Å². The van der Waals surface area contributed by atoms with E-state index in [0.717, 1.165) is 13.0 Å². The Kier molecular flexibility index (Phi) is 6.46. The quantitative estimate of drug-likeness (QED) is 0.812. The van der Waals surface area contributed by atoms with Crippen LogP contribution >= 0.6 is 0 Å². The monoisotopic (exact) mass is 317 g/mol. The van der Waals surface area contributed by atoms with Crippen LogP contribution in [0, 0.1) is 5.92 Å². The Bertz CT molecular complexity index is 515. The molecule has 1 unspecified atom stereocenters. The highest BCUT2D eigenvalue weighted by atomic mass is 16.2. The second-order valence-corrected chi connectivity index (χ2v) is 7.37. The summed E-state index contributed by atoms with van der Waals surface area (Å²) in [6.45, 7) is 5.83. The third kappa shape index (κ3) is 5.87. The van der Waals surface area contributed by atoms with Gasteiger partial charge in [0.25, 0.3) is 0 Å². The Balaban J connectivity index is 1.83. The fraction of sp³-hybridized carbons (Fsp3) is 0.632. The summed E-state index contributed by atoms with van der Waals surface area (Å²) in [5.41, 5.74) is 4.12. The van der Waals surface area contributed by atoms with Crippen LogP contribution in [-0.4, -0.2) is 37.6 Å². The van der Waals surface area contributed by atoms with Crippen LogP contribution in [0.2, 0.25) is 0 Å². The Hall–Kier alpha value is -1.55. The molecule has 23 heavy (non-hydrogen) atoms. The number of nitrogens with one attached hydrogen (secondary N) is 2. The van der Waals surface area contributed by atoms with Gasteiger partial charge in [0.2, 0.25) is 0 Å². The fourth-order valence-electron chi connectivity index (χ4n) is 3.34. The summed E-state index contributed by atoms with van der Waals surface area (Å²) in [6.07, 6.45) is 4.62. The Labute approximate surface area is 140 Å². The molecule has 0 heterocycles. The van der Waals surface area contributed by atoms with Gasteiger partial charge in [0.15, 0.2) is 0 Å². The zero-order chi connectivity index (χ0) is 16.8. The van der Waals surface area contributed by atoms with Gasteiger partial charge >= 0.3 is 6.03 Å². The van der Waals surface area contributed by atoms with Gasteiger partial charge in [-0.25, -0.2) is 4.79 Å². The van der Waals surface area contributed by atoms with Crippen LogP contribution in [0.25, 0.3) is 0 Å². The number of urea groups is 1. The normalized spacial score (nSPS) is 14.9. The number of benzene rings is 1. The summed E-state index contributed by atoms with van der Waals surface area (Å²) in [7, 11) is 4.08. The molecule has 0 saturated heterocycles. The molecule has 4 nitrogen and oxygen atoms in total. The van der Waals surface area contributed by atoms with E-state index in [-0.39, 0.29) is 12.1 Å². The molecule has 0 radical (unpaired) electrons. The molecule has 1 aliphatic carbocycles. The van der Waals surface area contributed by atoms with Crippen LogP contribution in [0.15, 0.2) is 18.2 Å². The Morgan fingerprint density at radius 1 is 1.22 bits per heavy atom. The van der Waals surface area contributed by atoms with Crippen molar-refractivity contribution in [1.29, 1.82) is 0 Å². The van der Waals surface area contributed by atoms with E-state index in [0.29, 0.717) is 12.5 Å². The first kappa shape index (κ1) is 17.8. The van der Waals surface area contributed by atoms with Crippen LogP contribution in [-0.2, 0) is 19.4 Å². The molecule has 0 saturated carbocycles. The summed E-state index contributed by atoms with van der Waals surface area (Å²) in [4.78, 5) is 14.3. The van der Waals surface area contributed by atoms with Gasteiger partial charge in [-0.15, -0.1) is 0 Å². The maximum absolute atomic E-state index is 12.2. The summed E-state index contributed by atoms with van der Waals surface area (Å²) in [5.74, 6) is 0.567. The molecular weight excluding hydrogens is 286 g/mol. The third-order valence-corrected chi connectivity index (χ3v) is 4.29. The lowest BCUT2D eigenvalue weighted by molar-refractivity contribution is 0.228. The average Bonchev–Trinajstić information content (AvgIpc) is 2.91. The molecule has 2 N–H and O–H groups in total. The van der Waals surface area contributed by atoms with Gasteiger partial charge in [0.05, 0.1) is 0 Å². The van der Waals surface area contributed by atoms with Crippen LogP contribution in [0.5, 0.6) is 0 Å². The fourth-order valence-corrected chi connectivity index (χ4v) is 3.34. The molecule has 2 amide bonds. The molecule has 0 aromatic heterocycles. The van der Waals surface area contributed by atoms with Crippen molar-refractivity contribution >= 4 is 6.03 Å². The van der Waals surface area contributed by atoms with E-state index in [9.17, 15) is 4.79 Å². The molecule has 1 aliphatic rings. The lowest BCUT2D eigenvalue weighted by Crippen LogP contribution is -2.46. The van der Waals surface area contributed by atoms with Crippen LogP contribution in [0.3, 0.4) is 0 Å². The SMILES string of the molecule is CC(C)CC(CN(C)C)NC(=O)NCc1ccc2c(c1)CCC2. The molecule has 1 aromatic rings. The minimum absolute atomic E-state index is 0.0713. The molecule has 0 aliphatic heterocycles. The number of carbonyl (C=O) groups excluding carboxylic acids is 1. The van der Waals surface area contributed by atoms with Crippen molar-refractivity contribution < 1.29 is 4.79 Å². The van der Waals surface area contributed by atoms with Crippen LogP contribution < -0.4 is 10.6 Å². The minimum atomic E-state index is -0.0713. The highest BCUT2D eigenvalue weighted by Crippen LogP contribution is 2.22. The highest BCUT2D eigenvalue weighted by molar-refractivity contribution is 5.74. The van der Waals surface area contributed by atoms with E-state index in [4.69, 9.17) is 0 Å². The maximum Gasteiger partial charge on any atom is 0.315 e. The number of carbonyl (C=O) groups is 1. The van der Waals surface area contributed by atoms with Gasteiger partial charge in [0, 0.05) is 19.1 Å². The van der Waals surface area contributed by atoms with E-state index in [2.05, 4.69) is 47.6 Å². The maximum atomic E-state index is 12.2. The van der Waals surface area contributed by atoms with E-state index in [1.807, 2.05) is 14.1 Å². The molecule has 0 fully saturated rings. The molecule has 128 valence electrons. The molecule has 2 rings (SSSR count). The van der Waals surface area contributed by atoms with Crippen molar-refractivity contribution in [2.24, 2.45) is 5.92 Å². The first-order chi connectivity index (χ1) is 10.9. The van der Waals surface area contributed by atoms with Gasteiger partial charge in [-0.3, -0.25) is 0 Å². The number of hydrogen-bond donors (Lipinski definition) is 2. The Morgan fingerprint density at radius 2 is 1.96 bits per heavy atom. The number of hydrogen-bond acceptors (Lipinski definition) is 2. The lowest BCUT2D eigenvalue weighted by atomic mass is 10.0. The van der Waals surface area contributed by atoms with E-state index >= 15 is 0 Å². The predicted molar refractivity (Wildman–Crippen MR) is 95.6 cm³/mol. The zero-order valence-corrected chi connectivity index (χ0v) is 15.0. The van der Waals surface area contributed by atoms with Crippen molar-refractivity contribution in [3.05, 3.63) is 34.9 Å². The molecule has 0 spiro atoms. The second kappa shape index (κ2) is 8.34. The van der Waals surface area contributed by atoms with Crippen LogP contribution in [0.1, 0.15) is 43.4 Å². The van der Waals surface area contributed by atoms with Crippen molar-refractivity contribution in [3.63, 3.8) is 0 Å². The molecule has 1 aromatic carbocycles. The van der Waals surface area contributed by atoms with E-state index in [1.165, 1.54) is 36.0 Å². The van der Waals surface area contributed by atoms with Gasteiger partial charge in [0.1, 0.15) is 0 Å².